The maximum atomic E-state index is 12.4. The highest BCUT2D eigenvalue weighted by molar-refractivity contribution is 5.95. The lowest BCUT2D eigenvalue weighted by molar-refractivity contribution is -0.120. The van der Waals surface area contributed by atoms with E-state index in [9.17, 15) is 4.79 Å². The van der Waals surface area contributed by atoms with Gasteiger partial charge in [0.15, 0.2) is 0 Å². The van der Waals surface area contributed by atoms with Gasteiger partial charge in [-0.3, -0.25) is 4.79 Å². The second-order valence-corrected chi connectivity index (χ2v) is 5.48. The summed E-state index contributed by atoms with van der Waals surface area (Å²) in [6.07, 6.45) is 8.04. The highest BCUT2D eigenvalue weighted by Crippen LogP contribution is 2.27. The van der Waals surface area contributed by atoms with Crippen LogP contribution in [0.4, 0.5) is 11.4 Å². The van der Waals surface area contributed by atoms with Gasteiger partial charge < -0.3 is 15.8 Å². The van der Waals surface area contributed by atoms with Crippen molar-refractivity contribution in [1.82, 2.24) is 0 Å². The number of hydrogen-bond donors (Lipinski definition) is 2. The fourth-order valence-electron chi connectivity index (χ4n) is 2.72. The van der Waals surface area contributed by atoms with Crippen molar-refractivity contribution >= 4 is 29.7 Å². The molecule has 1 aliphatic carbocycles. The fraction of sp³-hybridized carbons (Fsp3) is 0.562. The molecule has 0 heterocycles. The number of rotatable bonds is 3. The molecular formula is C16H25ClN2O2. The largest absolute Gasteiger partial charge is 0.497 e. The van der Waals surface area contributed by atoms with Crippen molar-refractivity contribution in [3.05, 3.63) is 18.2 Å². The molecule has 1 aromatic carbocycles. The Labute approximate surface area is 132 Å². The van der Waals surface area contributed by atoms with Crippen LogP contribution in [0.3, 0.4) is 0 Å². The maximum Gasteiger partial charge on any atom is 0.227 e. The second kappa shape index (κ2) is 8.78. The molecule has 0 spiro atoms. The van der Waals surface area contributed by atoms with Crippen LogP contribution in [0.2, 0.25) is 0 Å². The number of methoxy groups -OCH3 is 1. The summed E-state index contributed by atoms with van der Waals surface area (Å²) in [6, 6.07) is 5.32. The number of carbonyl (C=O) groups excluding carboxylic acids is 1. The minimum Gasteiger partial charge on any atom is -0.497 e. The van der Waals surface area contributed by atoms with E-state index >= 15 is 0 Å². The summed E-state index contributed by atoms with van der Waals surface area (Å²) >= 11 is 0. The number of carbonyl (C=O) groups is 1. The molecule has 1 fully saturated rings. The zero-order valence-electron chi connectivity index (χ0n) is 12.6. The highest BCUT2D eigenvalue weighted by Gasteiger charge is 2.20. The predicted molar refractivity (Wildman–Crippen MR) is 89.1 cm³/mol. The van der Waals surface area contributed by atoms with E-state index in [-0.39, 0.29) is 24.2 Å². The topological polar surface area (TPSA) is 64.3 Å². The van der Waals surface area contributed by atoms with Crippen LogP contribution in [0, 0.1) is 5.92 Å². The number of halogens is 1. The van der Waals surface area contributed by atoms with Gasteiger partial charge in [0.05, 0.1) is 18.5 Å². The molecule has 0 atom stereocenters. The summed E-state index contributed by atoms with van der Waals surface area (Å²) in [7, 11) is 1.60. The number of hydrogen-bond acceptors (Lipinski definition) is 3. The summed E-state index contributed by atoms with van der Waals surface area (Å²) in [6.45, 7) is 0. The molecule has 1 aromatic rings. The first-order valence-corrected chi connectivity index (χ1v) is 7.45. The molecule has 1 amide bonds. The molecule has 5 heteroatoms. The maximum absolute atomic E-state index is 12.4. The third kappa shape index (κ3) is 5.12. The van der Waals surface area contributed by atoms with Gasteiger partial charge in [0.25, 0.3) is 0 Å². The van der Waals surface area contributed by atoms with Gasteiger partial charge in [0, 0.05) is 12.0 Å². The van der Waals surface area contributed by atoms with E-state index < -0.39 is 0 Å². The summed E-state index contributed by atoms with van der Waals surface area (Å²) in [5.74, 6) is 0.903. The van der Waals surface area contributed by atoms with Gasteiger partial charge in [-0.05, 0) is 25.0 Å². The summed E-state index contributed by atoms with van der Waals surface area (Å²) in [4.78, 5) is 12.4. The fourth-order valence-corrected chi connectivity index (χ4v) is 2.72. The van der Waals surface area contributed by atoms with E-state index in [2.05, 4.69) is 5.32 Å². The van der Waals surface area contributed by atoms with Crippen LogP contribution in [0.1, 0.15) is 44.9 Å². The summed E-state index contributed by atoms with van der Waals surface area (Å²) < 4.78 is 5.17. The van der Waals surface area contributed by atoms with E-state index in [0.717, 1.165) is 25.7 Å². The van der Waals surface area contributed by atoms with Gasteiger partial charge in [0.1, 0.15) is 5.75 Å². The van der Waals surface area contributed by atoms with Gasteiger partial charge in [-0.25, -0.2) is 0 Å². The molecule has 0 radical (unpaired) electrons. The Morgan fingerprint density at radius 3 is 2.43 bits per heavy atom. The zero-order valence-corrected chi connectivity index (χ0v) is 13.4. The molecule has 0 aromatic heterocycles. The Morgan fingerprint density at radius 2 is 1.81 bits per heavy atom. The molecule has 0 aliphatic heterocycles. The quantitative estimate of drug-likeness (QED) is 0.829. The van der Waals surface area contributed by atoms with Crippen LogP contribution in [0.15, 0.2) is 18.2 Å². The van der Waals surface area contributed by atoms with Crippen LogP contribution in [0.25, 0.3) is 0 Å². The molecule has 0 saturated heterocycles. The highest BCUT2D eigenvalue weighted by atomic mass is 35.5. The molecule has 0 unspecified atom stereocenters. The Hall–Kier alpha value is -1.42. The lowest BCUT2D eigenvalue weighted by Crippen LogP contribution is -2.24. The number of ether oxygens (including phenoxy) is 1. The number of nitrogen functional groups attached to an aromatic ring is 1. The van der Waals surface area contributed by atoms with Crippen LogP contribution >= 0.6 is 12.4 Å². The second-order valence-electron chi connectivity index (χ2n) is 5.48. The SMILES string of the molecule is COc1ccc(N)c(NC(=O)C2CCCCCCC2)c1.Cl. The normalized spacial score (nSPS) is 16.2. The predicted octanol–water partition coefficient (Wildman–Crippen LogP) is 4.00. The van der Waals surface area contributed by atoms with E-state index in [4.69, 9.17) is 10.5 Å². The van der Waals surface area contributed by atoms with Crippen molar-refractivity contribution in [1.29, 1.82) is 0 Å². The molecule has 4 nitrogen and oxygen atoms in total. The van der Waals surface area contributed by atoms with Gasteiger partial charge in [-0.15, -0.1) is 12.4 Å². The first kappa shape index (κ1) is 17.6. The Kier molecular flexibility index (Phi) is 7.37. The lowest BCUT2D eigenvalue weighted by Gasteiger charge is -2.19. The van der Waals surface area contributed by atoms with Crippen LogP contribution < -0.4 is 15.8 Å². The number of nitrogens with one attached hydrogen (secondary N) is 1. The molecule has 1 aliphatic rings. The van der Waals surface area contributed by atoms with Crippen molar-refractivity contribution in [2.75, 3.05) is 18.2 Å². The third-order valence-corrected chi connectivity index (χ3v) is 3.99. The standard InChI is InChI=1S/C16H24N2O2.ClH/c1-20-13-9-10-14(17)15(11-13)18-16(19)12-7-5-3-2-4-6-8-12;/h9-12H,2-8,17H2,1H3,(H,18,19);1H. The molecule has 118 valence electrons. The minimum absolute atomic E-state index is 0. The molecule has 1 saturated carbocycles. The van der Waals surface area contributed by atoms with Crippen molar-refractivity contribution in [3.63, 3.8) is 0 Å². The summed E-state index contributed by atoms with van der Waals surface area (Å²) in [5.41, 5.74) is 7.13. The van der Waals surface area contributed by atoms with Crippen LogP contribution in [0.5, 0.6) is 5.75 Å². The van der Waals surface area contributed by atoms with Gasteiger partial charge in [-0.2, -0.15) is 0 Å². The Balaban J connectivity index is 0.00000220. The molecule has 21 heavy (non-hydrogen) atoms. The van der Waals surface area contributed by atoms with Crippen LogP contribution in [-0.2, 0) is 4.79 Å². The molecular weight excluding hydrogens is 288 g/mol. The summed E-state index contributed by atoms with van der Waals surface area (Å²) in [5, 5.41) is 2.96. The van der Waals surface area contributed by atoms with Crippen LogP contribution in [-0.4, -0.2) is 13.0 Å². The lowest BCUT2D eigenvalue weighted by atomic mass is 9.90. The van der Waals surface area contributed by atoms with Crippen molar-refractivity contribution in [2.45, 2.75) is 44.9 Å². The molecule has 3 N–H and O–H groups in total. The van der Waals surface area contributed by atoms with E-state index in [1.54, 1.807) is 25.3 Å². The van der Waals surface area contributed by atoms with Crippen molar-refractivity contribution in [3.8, 4) is 5.75 Å². The van der Waals surface area contributed by atoms with Gasteiger partial charge in [-0.1, -0.05) is 32.1 Å². The average molecular weight is 313 g/mol. The number of amides is 1. The number of nitrogens with two attached hydrogens (primary N) is 1. The van der Waals surface area contributed by atoms with Crippen molar-refractivity contribution in [2.24, 2.45) is 5.92 Å². The van der Waals surface area contributed by atoms with Gasteiger partial charge in [0.2, 0.25) is 5.91 Å². The van der Waals surface area contributed by atoms with Gasteiger partial charge >= 0.3 is 0 Å². The first-order valence-electron chi connectivity index (χ1n) is 7.45. The average Bonchev–Trinajstić information content (AvgIpc) is 2.40. The Bertz CT molecular complexity index is 458. The number of anilines is 2. The first-order chi connectivity index (χ1) is 9.70. The smallest absolute Gasteiger partial charge is 0.227 e. The number of benzene rings is 1. The van der Waals surface area contributed by atoms with E-state index in [1.165, 1.54) is 19.3 Å². The molecule has 2 rings (SSSR count). The van der Waals surface area contributed by atoms with E-state index in [1.807, 2.05) is 0 Å². The van der Waals surface area contributed by atoms with Crippen molar-refractivity contribution < 1.29 is 9.53 Å². The zero-order chi connectivity index (χ0) is 14.4. The van der Waals surface area contributed by atoms with E-state index in [0.29, 0.717) is 17.1 Å². The monoisotopic (exact) mass is 312 g/mol. The minimum atomic E-state index is 0. The third-order valence-electron chi connectivity index (χ3n) is 3.99. The Morgan fingerprint density at radius 1 is 1.19 bits per heavy atom. The molecule has 0 bridgehead atoms.